The third kappa shape index (κ3) is 2.34. The van der Waals surface area contributed by atoms with Gasteiger partial charge in [-0.1, -0.05) is 0 Å². The van der Waals surface area contributed by atoms with E-state index in [0.29, 0.717) is 17.1 Å². The predicted molar refractivity (Wildman–Crippen MR) is 73.6 cm³/mol. The summed E-state index contributed by atoms with van der Waals surface area (Å²) in [7, 11) is 0. The highest BCUT2D eigenvalue weighted by Gasteiger charge is 2.19. The van der Waals surface area contributed by atoms with E-state index in [4.69, 9.17) is 0 Å². The molecule has 1 aliphatic rings. The van der Waals surface area contributed by atoms with Gasteiger partial charge in [-0.15, -0.1) is 11.3 Å². The van der Waals surface area contributed by atoms with Crippen LogP contribution >= 0.6 is 11.3 Å². The Morgan fingerprint density at radius 3 is 3.05 bits per heavy atom. The lowest BCUT2D eigenvalue weighted by Crippen LogP contribution is -2.11. The molecule has 5 nitrogen and oxygen atoms in total. The molecule has 0 radical (unpaired) electrons. The van der Waals surface area contributed by atoms with Gasteiger partial charge in [0.25, 0.3) is 5.91 Å². The van der Waals surface area contributed by atoms with Crippen molar-refractivity contribution < 1.29 is 9.59 Å². The Labute approximate surface area is 113 Å². The molecular weight excluding hydrogens is 262 g/mol. The van der Waals surface area contributed by atoms with Crippen molar-refractivity contribution in [2.45, 2.75) is 13.3 Å². The third-order valence-electron chi connectivity index (χ3n) is 2.83. The SMILES string of the molecule is Cc1cnc(NC(=O)c2ccc3c(c2)CC(=O)N3)s1. The van der Waals surface area contributed by atoms with E-state index in [9.17, 15) is 9.59 Å². The lowest BCUT2D eigenvalue weighted by molar-refractivity contribution is -0.115. The number of amides is 2. The number of fused-ring (bicyclic) bond motifs is 1. The zero-order valence-corrected chi connectivity index (χ0v) is 11.0. The number of benzene rings is 1. The maximum Gasteiger partial charge on any atom is 0.257 e. The number of nitrogens with zero attached hydrogens (tertiary/aromatic N) is 1. The monoisotopic (exact) mass is 273 g/mol. The largest absolute Gasteiger partial charge is 0.326 e. The minimum Gasteiger partial charge on any atom is -0.326 e. The summed E-state index contributed by atoms with van der Waals surface area (Å²) in [6, 6.07) is 5.19. The average Bonchev–Trinajstić information content (AvgIpc) is 2.93. The van der Waals surface area contributed by atoms with Crippen LogP contribution in [0.3, 0.4) is 0 Å². The first-order valence-electron chi connectivity index (χ1n) is 5.78. The van der Waals surface area contributed by atoms with Crippen molar-refractivity contribution in [2.75, 3.05) is 10.6 Å². The normalized spacial score (nSPS) is 13.0. The first-order valence-corrected chi connectivity index (χ1v) is 6.60. The highest BCUT2D eigenvalue weighted by molar-refractivity contribution is 7.15. The van der Waals surface area contributed by atoms with Crippen LogP contribution in [0.25, 0.3) is 0 Å². The second-order valence-electron chi connectivity index (χ2n) is 4.33. The molecule has 1 aromatic carbocycles. The number of anilines is 2. The van der Waals surface area contributed by atoms with Gasteiger partial charge in [-0.3, -0.25) is 14.9 Å². The van der Waals surface area contributed by atoms with E-state index in [0.717, 1.165) is 16.1 Å². The zero-order chi connectivity index (χ0) is 13.4. The number of hydrogen-bond donors (Lipinski definition) is 2. The molecule has 1 aromatic heterocycles. The number of hydrogen-bond acceptors (Lipinski definition) is 4. The van der Waals surface area contributed by atoms with Gasteiger partial charge in [0.1, 0.15) is 0 Å². The number of aromatic nitrogens is 1. The molecule has 0 fully saturated rings. The van der Waals surface area contributed by atoms with Crippen LogP contribution in [0.15, 0.2) is 24.4 Å². The van der Waals surface area contributed by atoms with Crippen molar-refractivity contribution in [2.24, 2.45) is 0 Å². The van der Waals surface area contributed by atoms with Crippen LogP contribution in [0.2, 0.25) is 0 Å². The van der Waals surface area contributed by atoms with Gasteiger partial charge >= 0.3 is 0 Å². The van der Waals surface area contributed by atoms with E-state index < -0.39 is 0 Å². The summed E-state index contributed by atoms with van der Waals surface area (Å²) in [5.41, 5.74) is 2.17. The number of thiazole rings is 1. The van der Waals surface area contributed by atoms with Crippen LogP contribution in [0.4, 0.5) is 10.8 Å². The molecule has 0 saturated carbocycles. The molecule has 1 aliphatic heterocycles. The van der Waals surface area contributed by atoms with E-state index in [1.807, 2.05) is 6.92 Å². The van der Waals surface area contributed by atoms with E-state index in [1.165, 1.54) is 11.3 Å². The molecule has 19 heavy (non-hydrogen) atoms. The fourth-order valence-electron chi connectivity index (χ4n) is 1.95. The van der Waals surface area contributed by atoms with Crippen LogP contribution in [-0.4, -0.2) is 16.8 Å². The van der Waals surface area contributed by atoms with Crippen molar-refractivity contribution >= 4 is 34.0 Å². The van der Waals surface area contributed by atoms with Crippen LogP contribution in [0, 0.1) is 6.92 Å². The molecule has 0 bridgehead atoms. The van der Waals surface area contributed by atoms with E-state index in [2.05, 4.69) is 15.6 Å². The van der Waals surface area contributed by atoms with Gasteiger partial charge in [-0.2, -0.15) is 0 Å². The summed E-state index contributed by atoms with van der Waals surface area (Å²) < 4.78 is 0. The van der Waals surface area contributed by atoms with Crippen LogP contribution in [0.5, 0.6) is 0 Å². The lowest BCUT2D eigenvalue weighted by Gasteiger charge is -2.04. The minimum atomic E-state index is -0.212. The Hall–Kier alpha value is -2.21. The molecule has 0 aliphatic carbocycles. The molecule has 0 unspecified atom stereocenters. The molecule has 2 heterocycles. The fourth-order valence-corrected chi connectivity index (χ4v) is 2.61. The van der Waals surface area contributed by atoms with Crippen molar-refractivity contribution in [3.8, 4) is 0 Å². The van der Waals surface area contributed by atoms with E-state index >= 15 is 0 Å². The van der Waals surface area contributed by atoms with Gasteiger partial charge in [0.05, 0.1) is 6.42 Å². The fraction of sp³-hybridized carbons (Fsp3) is 0.154. The van der Waals surface area contributed by atoms with Gasteiger partial charge < -0.3 is 5.32 Å². The standard InChI is InChI=1S/C13H11N3O2S/c1-7-6-14-13(19-7)16-12(18)8-2-3-10-9(4-8)5-11(17)15-10/h2-4,6H,5H2,1H3,(H,15,17)(H,14,16,18). The molecule has 2 amide bonds. The van der Waals surface area contributed by atoms with Crippen molar-refractivity contribution in [3.05, 3.63) is 40.4 Å². The second-order valence-corrected chi connectivity index (χ2v) is 5.56. The van der Waals surface area contributed by atoms with Gasteiger partial charge in [0.15, 0.2) is 5.13 Å². The van der Waals surface area contributed by atoms with Gasteiger partial charge in [-0.25, -0.2) is 4.98 Å². The summed E-state index contributed by atoms with van der Waals surface area (Å²) in [6.45, 7) is 1.93. The minimum absolute atomic E-state index is 0.0388. The lowest BCUT2D eigenvalue weighted by atomic mass is 10.1. The molecule has 0 saturated heterocycles. The van der Waals surface area contributed by atoms with Crippen LogP contribution in [-0.2, 0) is 11.2 Å². The maximum atomic E-state index is 12.1. The Morgan fingerprint density at radius 1 is 1.47 bits per heavy atom. The molecule has 0 spiro atoms. The second kappa shape index (κ2) is 4.47. The predicted octanol–water partition coefficient (Wildman–Crippen LogP) is 2.20. The Balaban J connectivity index is 1.81. The number of carbonyl (C=O) groups is 2. The van der Waals surface area contributed by atoms with Crippen molar-refractivity contribution in [1.82, 2.24) is 4.98 Å². The molecule has 0 atom stereocenters. The first-order chi connectivity index (χ1) is 9.11. The van der Waals surface area contributed by atoms with Gasteiger partial charge in [0, 0.05) is 22.3 Å². The summed E-state index contributed by atoms with van der Waals surface area (Å²) in [6.07, 6.45) is 2.04. The van der Waals surface area contributed by atoms with E-state index in [-0.39, 0.29) is 11.8 Å². The zero-order valence-electron chi connectivity index (χ0n) is 10.2. The molecule has 6 heteroatoms. The Morgan fingerprint density at radius 2 is 2.32 bits per heavy atom. The summed E-state index contributed by atoms with van der Waals surface area (Å²) >= 11 is 1.43. The van der Waals surface area contributed by atoms with Gasteiger partial charge in [0.2, 0.25) is 5.91 Å². The highest BCUT2D eigenvalue weighted by Crippen LogP contribution is 2.24. The smallest absolute Gasteiger partial charge is 0.257 e. The number of carbonyl (C=O) groups excluding carboxylic acids is 2. The average molecular weight is 273 g/mol. The molecule has 2 N–H and O–H groups in total. The van der Waals surface area contributed by atoms with Crippen LogP contribution in [0.1, 0.15) is 20.8 Å². The molecular formula is C13H11N3O2S. The Bertz CT molecular complexity index is 678. The highest BCUT2D eigenvalue weighted by atomic mass is 32.1. The third-order valence-corrected chi connectivity index (χ3v) is 3.66. The number of aryl methyl sites for hydroxylation is 1. The van der Waals surface area contributed by atoms with E-state index in [1.54, 1.807) is 24.4 Å². The Kier molecular flexibility index (Phi) is 2.79. The first kappa shape index (κ1) is 11.9. The topological polar surface area (TPSA) is 71.1 Å². The van der Waals surface area contributed by atoms with Crippen molar-refractivity contribution in [3.63, 3.8) is 0 Å². The summed E-state index contributed by atoms with van der Waals surface area (Å²) in [5.74, 6) is -0.250. The van der Waals surface area contributed by atoms with Gasteiger partial charge in [-0.05, 0) is 30.7 Å². The van der Waals surface area contributed by atoms with Crippen LogP contribution < -0.4 is 10.6 Å². The molecule has 3 rings (SSSR count). The van der Waals surface area contributed by atoms with Crippen molar-refractivity contribution in [1.29, 1.82) is 0 Å². The summed E-state index contributed by atoms with van der Waals surface area (Å²) in [5, 5.41) is 6.06. The molecule has 96 valence electrons. The summed E-state index contributed by atoms with van der Waals surface area (Å²) in [4.78, 5) is 28.4. The maximum absolute atomic E-state index is 12.1. The molecule has 2 aromatic rings. The number of nitrogens with one attached hydrogen (secondary N) is 2. The number of rotatable bonds is 2. The quantitative estimate of drug-likeness (QED) is 0.881.